The highest BCUT2D eigenvalue weighted by atomic mass is 16.5. The van der Waals surface area contributed by atoms with Gasteiger partial charge < -0.3 is 4.74 Å². The third kappa shape index (κ3) is 2.54. The van der Waals surface area contributed by atoms with Crippen LogP contribution < -0.4 is 0 Å². The van der Waals surface area contributed by atoms with E-state index < -0.39 is 0 Å². The summed E-state index contributed by atoms with van der Waals surface area (Å²) in [6.45, 7) is 2.84. The minimum atomic E-state index is 0.0681. The molecule has 2 nitrogen and oxygen atoms in total. The summed E-state index contributed by atoms with van der Waals surface area (Å²) in [5.41, 5.74) is 0.0681. The number of allylic oxidation sites excluding steroid dienone is 2. The van der Waals surface area contributed by atoms with E-state index in [9.17, 15) is 4.79 Å². The predicted molar refractivity (Wildman–Crippen MR) is 64.3 cm³/mol. The molecule has 1 spiro atoms. The van der Waals surface area contributed by atoms with Crippen LogP contribution in [0.5, 0.6) is 0 Å². The highest BCUT2D eigenvalue weighted by Crippen LogP contribution is 2.42. The molecule has 0 N–H and O–H groups in total. The average Bonchev–Trinajstić information content (AvgIpc) is 2.74. The summed E-state index contributed by atoms with van der Waals surface area (Å²) in [5.74, 6) is 0.533. The summed E-state index contributed by atoms with van der Waals surface area (Å²) in [4.78, 5) is 12.0. The smallest absolute Gasteiger partial charge is 0.158 e. The third-order valence-corrected chi connectivity index (χ3v) is 3.93. The Morgan fingerprint density at radius 3 is 2.88 bits per heavy atom. The second-order valence-corrected chi connectivity index (χ2v) is 5.14. The number of hydrogen-bond acceptors (Lipinski definition) is 2. The normalized spacial score (nSPS) is 28.9. The van der Waals surface area contributed by atoms with Gasteiger partial charge in [-0.2, -0.15) is 0 Å². The van der Waals surface area contributed by atoms with Gasteiger partial charge >= 0.3 is 0 Å². The zero-order chi connectivity index (χ0) is 11.4. The Morgan fingerprint density at radius 2 is 2.19 bits per heavy atom. The van der Waals surface area contributed by atoms with Crippen molar-refractivity contribution in [1.82, 2.24) is 0 Å². The molecular formula is C14H22O2. The lowest BCUT2D eigenvalue weighted by Crippen LogP contribution is -2.39. The summed E-state index contributed by atoms with van der Waals surface area (Å²) in [6, 6.07) is 0. The van der Waals surface area contributed by atoms with Crippen molar-refractivity contribution in [3.05, 3.63) is 12.2 Å². The van der Waals surface area contributed by atoms with Crippen molar-refractivity contribution in [3.8, 4) is 0 Å². The zero-order valence-corrected chi connectivity index (χ0v) is 10.2. The molecule has 0 aromatic carbocycles. The van der Waals surface area contributed by atoms with Gasteiger partial charge in [0.05, 0.1) is 5.60 Å². The van der Waals surface area contributed by atoms with Crippen molar-refractivity contribution in [1.29, 1.82) is 0 Å². The maximum absolute atomic E-state index is 12.0. The van der Waals surface area contributed by atoms with Crippen molar-refractivity contribution < 1.29 is 9.53 Å². The van der Waals surface area contributed by atoms with Crippen LogP contribution in [0.2, 0.25) is 0 Å². The van der Waals surface area contributed by atoms with Crippen LogP contribution >= 0.6 is 0 Å². The number of hydrogen-bond donors (Lipinski definition) is 0. The number of carbonyl (C=O) groups is 1. The summed E-state index contributed by atoms with van der Waals surface area (Å²) < 4.78 is 5.93. The van der Waals surface area contributed by atoms with Crippen LogP contribution in [0.25, 0.3) is 0 Å². The lowest BCUT2D eigenvalue weighted by molar-refractivity contribution is -0.132. The first-order valence-corrected chi connectivity index (χ1v) is 6.60. The van der Waals surface area contributed by atoms with Crippen molar-refractivity contribution in [2.45, 2.75) is 57.5 Å². The standard InChI is InChI=1S/C14H22O2/c1-2-3-6-13(15)12-7-10-16-14(11-12)8-4-5-9-14/h3,6,12H,2,4-5,7-11H2,1H3/b6-3+. The Balaban J connectivity index is 1.96. The molecule has 0 aromatic heterocycles. The van der Waals surface area contributed by atoms with E-state index in [0.717, 1.165) is 38.7 Å². The van der Waals surface area contributed by atoms with Gasteiger partial charge in [-0.25, -0.2) is 0 Å². The first-order valence-electron chi connectivity index (χ1n) is 6.60. The highest BCUT2D eigenvalue weighted by molar-refractivity contribution is 5.91. The quantitative estimate of drug-likeness (QED) is 0.685. The first-order chi connectivity index (χ1) is 7.76. The van der Waals surface area contributed by atoms with Gasteiger partial charge in [-0.05, 0) is 38.2 Å². The molecule has 1 aliphatic heterocycles. The fraction of sp³-hybridized carbons (Fsp3) is 0.786. The van der Waals surface area contributed by atoms with E-state index in [1.807, 2.05) is 6.08 Å². The summed E-state index contributed by atoms with van der Waals surface area (Å²) in [6.07, 6.45) is 11.4. The zero-order valence-electron chi connectivity index (χ0n) is 10.2. The number of rotatable bonds is 3. The summed E-state index contributed by atoms with van der Waals surface area (Å²) >= 11 is 0. The van der Waals surface area contributed by atoms with Gasteiger partial charge in [0, 0.05) is 12.5 Å². The number of ketones is 1. The Hall–Kier alpha value is -0.630. The molecule has 16 heavy (non-hydrogen) atoms. The van der Waals surface area contributed by atoms with Gasteiger partial charge in [0.2, 0.25) is 0 Å². The minimum Gasteiger partial charge on any atom is -0.375 e. The fourth-order valence-electron chi connectivity index (χ4n) is 3.01. The molecule has 0 aromatic rings. The van der Waals surface area contributed by atoms with Crippen LogP contribution in [0, 0.1) is 5.92 Å². The fourth-order valence-corrected chi connectivity index (χ4v) is 3.01. The molecule has 90 valence electrons. The van der Waals surface area contributed by atoms with E-state index in [1.54, 1.807) is 6.08 Å². The Morgan fingerprint density at radius 1 is 1.44 bits per heavy atom. The molecule has 1 saturated carbocycles. The van der Waals surface area contributed by atoms with E-state index in [0.29, 0.717) is 5.78 Å². The van der Waals surface area contributed by atoms with Crippen molar-refractivity contribution in [3.63, 3.8) is 0 Å². The van der Waals surface area contributed by atoms with Crippen LogP contribution in [-0.4, -0.2) is 18.0 Å². The topological polar surface area (TPSA) is 26.3 Å². The molecule has 1 heterocycles. The van der Waals surface area contributed by atoms with Gasteiger partial charge in [0.25, 0.3) is 0 Å². The van der Waals surface area contributed by atoms with Crippen molar-refractivity contribution in [2.24, 2.45) is 5.92 Å². The van der Waals surface area contributed by atoms with Gasteiger partial charge in [-0.1, -0.05) is 25.8 Å². The molecule has 0 bridgehead atoms. The van der Waals surface area contributed by atoms with Crippen LogP contribution in [0.1, 0.15) is 51.9 Å². The summed E-state index contributed by atoms with van der Waals surface area (Å²) in [7, 11) is 0. The summed E-state index contributed by atoms with van der Waals surface area (Å²) in [5, 5.41) is 0. The molecule has 0 amide bonds. The monoisotopic (exact) mass is 222 g/mol. The number of ether oxygens (including phenoxy) is 1. The molecule has 0 radical (unpaired) electrons. The maximum Gasteiger partial charge on any atom is 0.158 e. The van der Waals surface area contributed by atoms with Crippen LogP contribution in [0.15, 0.2) is 12.2 Å². The molecule has 1 unspecified atom stereocenters. The van der Waals surface area contributed by atoms with Crippen LogP contribution in [-0.2, 0) is 9.53 Å². The molecule has 1 saturated heterocycles. The minimum absolute atomic E-state index is 0.0681. The van der Waals surface area contributed by atoms with E-state index >= 15 is 0 Å². The highest BCUT2D eigenvalue weighted by Gasteiger charge is 2.41. The second kappa shape index (κ2) is 5.13. The van der Waals surface area contributed by atoms with Crippen molar-refractivity contribution >= 4 is 5.78 Å². The largest absolute Gasteiger partial charge is 0.375 e. The molecule has 1 atom stereocenters. The molecular weight excluding hydrogens is 200 g/mol. The van der Waals surface area contributed by atoms with Gasteiger partial charge in [-0.15, -0.1) is 0 Å². The predicted octanol–water partition coefficient (Wildman–Crippen LogP) is 3.26. The average molecular weight is 222 g/mol. The molecule has 2 heteroatoms. The molecule has 1 aliphatic carbocycles. The van der Waals surface area contributed by atoms with Gasteiger partial charge in [0.1, 0.15) is 0 Å². The lowest BCUT2D eigenvalue weighted by Gasteiger charge is -2.37. The van der Waals surface area contributed by atoms with E-state index in [1.165, 1.54) is 12.8 Å². The second-order valence-electron chi connectivity index (χ2n) is 5.14. The first kappa shape index (κ1) is 11.8. The Labute approximate surface area is 98.1 Å². The molecule has 2 fully saturated rings. The SMILES string of the molecule is CC/C=C/C(=O)C1CCOC2(CCCC2)C1. The van der Waals surface area contributed by atoms with Crippen molar-refractivity contribution in [2.75, 3.05) is 6.61 Å². The van der Waals surface area contributed by atoms with Gasteiger partial charge in [0.15, 0.2) is 5.78 Å². The Kier molecular flexibility index (Phi) is 3.80. The maximum atomic E-state index is 12.0. The lowest BCUT2D eigenvalue weighted by atomic mass is 9.82. The van der Waals surface area contributed by atoms with Crippen LogP contribution in [0.3, 0.4) is 0 Å². The van der Waals surface area contributed by atoms with Gasteiger partial charge in [-0.3, -0.25) is 4.79 Å². The molecule has 2 rings (SSSR count). The molecule has 2 aliphatic rings. The van der Waals surface area contributed by atoms with E-state index in [-0.39, 0.29) is 11.5 Å². The van der Waals surface area contributed by atoms with Crippen LogP contribution in [0.4, 0.5) is 0 Å². The third-order valence-electron chi connectivity index (χ3n) is 3.93. The Bertz CT molecular complexity index is 274. The van der Waals surface area contributed by atoms with E-state index in [4.69, 9.17) is 4.74 Å². The van der Waals surface area contributed by atoms with E-state index in [2.05, 4.69) is 6.92 Å². The number of carbonyl (C=O) groups excluding carboxylic acids is 1.